The van der Waals surface area contributed by atoms with Crippen LogP contribution in [0.3, 0.4) is 0 Å². The van der Waals surface area contributed by atoms with Gasteiger partial charge in [-0.15, -0.1) is 0 Å². The van der Waals surface area contributed by atoms with Crippen molar-refractivity contribution >= 4 is 17.6 Å². The molecule has 122 valence electrons. The fourth-order valence-electron chi connectivity index (χ4n) is 4.00. The lowest BCUT2D eigenvalue weighted by atomic mass is 10.0. The Morgan fingerprint density at radius 2 is 2.04 bits per heavy atom. The molecule has 6 nitrogen and oxygen atoms in total. The van der Waals surface area contributed by atoms with Crippen LogP contribution in [0.1, 0.15) is 25.7 Å². The number of amides is 3. The van der Waals surface area contributed by atoms with Gasteiger partial charge in [-0.1, -0.05) is 0 Å². The van der Waals surface area contributed by atoms with Gasteiger partial charge in [0, 0.05) is 43.7 Å². The number of nitrogens with zero attached hydrogens (tertiary/aromatic N) is 3. The summed E-state index contributed by atoms with van der Waals surface area (Å²) < 4.78 is 0. The van der Waals surface area contributed by atoms with E-state index in [1.807, 2.05) is 21.9 Å². The normalized spacial score (nSPS) is 29.1. The van der Waals surface area contributed by atoms with Gasteiger partial charge in [0.15, 0.2) is 0 Å². The summed E-state index contributed by atoms with van der Waals surface area (Å²) in [5.74, 6) is 0.0903. The highest BCUT2D eigenvalue weighted by Crippen LogP contribution is 2.58. The van der Waals surface area contributed by atoms with Gasteiger partial charge in [0.25, 0.3) is 0 Å². The molecular formula is C17H22N4O2. The summed E-state index contributed by atoms with van der Waals surface area (Å²) in [5, 5.41) is 2.94. The predicted octanol–water partition coefficient (Wildman–Crippen LogP) is 1.95. The Bertz CT molecular complexity index is 614. The fourth-order valence-corrected chi connectivity index (χ4v) is 4.00. The van der Waals surface area contributed by atoms with Crippen molar-refractivity contribution in [3.8, 4) is 0 Å². The van der Waals surface area contributed by atoms with Crippen LogP contribution in [-0.4, -0.2) is 52.9 Å². The van der Waals surface area contributed by atoms with Crippen LogP contribution < -0.4 is 5.32 Å². The van der Waals surface area contributed by atoms with Crippen molar-refractivity contribution in [2.24, 2.45) is 11.3 Å². The van der Waals surface area contributed by atoms with Gasteiger partial charge in [0.2, 0.25) is 5.91 Å². The highest BCUT2D eigenvalue weighted by Gasteiger charge is 2.61. The third-order valence-electron chi connectivity index (χ3n) is 5.47. The molecule has 0 unspecified atom stereocenters. The maximum Gasteiger partial charge on any atom is 0.320 e. The van der Waals surface area contributed by atoms with E-state index in [2.05, 4.69) is 10.3 Å². The van der Waals surface area contributed by atoms with Crippen molar-refractivity contribution in [3.05, 3.63) is 24.5 Å². The number of urea groups is 1. The average molecular weight is 314 g/mol. The molecule has 1 spiro atoms. The molecule has 1 aromatic heterocycles. The molecule has 2 atom stereocenters. The van der Waals surface area contributed by atoms with E-state index in [9.17, 15) is 9.59 Å². The number of aromatic nitrogens is 1. The van der Waals surface area contributed by atoms with Crippen molar-refractivity contribution in [2.45, 2.75) is 25.7 Å². The molecular weight excluding hydrogens is 292 g/mol. The number of rotatable bonds is 2. The second-order valence-corrected chi connectivity index (χ2v) is 7.00. The molecule has 1 aliphatic carbocycles. The minimum atomic E-state index is 0.0156. The van der Waals surface area contributed by atoms with Crippen molar-refractivity contribution < 1.29 is 9.59 Å². The standard InChI is InChI=1S/C17H22N4O2/c22-15(19-13-4-3-6-18-11-13)14-10-17(14)5-9-21(12-17)16(23)20-7-1-2-8-20/h3-4,6,11,14H,1-2,5,7-10,12H2,(H,19,22)/t14-,17+/m1/s1. The highest BCUT2D eigenvalue weighted by molar-refractivity contribution is 5.95. The van der Waals surface area contributed by atoms with Crippen LogP contribution in [0.2, 0.25) is 0 Å². The maximum atomic E-state index is 12.5. The van der Waals surface area contributed by atoms with Gasteiger partial charge in [-0.05, 0) is 37.8 Å². The summed E-state index contributed by atoms with van der Waals surface area (Å²) >= 11 is 0. The quantitative estimate of drug-likeness (QED) is 0.907. The first-order chi connectivity index (χ1) is 11.2. The number of anilines is 1. The predicted molar refractivity (Wildman–Crippen MR) is 85.8 cm³/mol. The molecule has 2 saturated heterocycles. The Labute approximate surface area is 135 Å². The van der Waals surface area contributed by atoms with E-state index in [0.29, 0.717) is 0 Å². The molecule has 3 heterocycles. The van der Waals surface area contributed by atoms with E-state index in [1.54, 1.807) is 12.4 Å². The fraction of sp³-hybridized carbons (Fsp3) is 0.588. The minimum Gasteiger partial charge on any atom is -0.325 e. The van der Waals surface area contributed by atoms with E-state index < -0.39 is 0 Å². The summed E-state index contributed by atoms with van der Waals surface area (Å²) in [7, 11) is 0. The van der Waals surface area contributed by atoms with Crippen LogP contribution in [0.4, 0.5) is 10.5 Å². The Morgan fingerprint density at radius 3 is 2.78 bits per heavy atom. The van der Waals surface area contributed by atoms with E-state index in [0.717, 1.165) is 57.5 Å². The Morgan fingerprint density at radius 1 is 1.22 bits per heavy atom. The number of nitrogens with one attached hydrogen (secondary N) is 1. The average Bonchev–Trinajstić information content (AvgIpc) is 2.94. The SMILES string of the molecule is O=C(Nc1cccnc1)[C@H]1C[C@]12CCN(C(=O)N1CCCC1)C2. The zero-order chi connectivity index (χ0) is 15.9. The van der Waals surface area contributed by atoms with Crippen LogP contribution >= 0.6 is 0 Å². The molecule has 0 radical (unpaired) electrons. The van der Waals surface area contributed by atoms with Crippen molar-refractivity contribution in [1.29, 1.82) is 0 Å². The second kappa shape index (κ2) is 5.51. The van der Waals surface area contributed by atoms with Crippen LogP contribution in [0.25, 0.3) is 0 Å². The molecule has 3 amide bonds. The largest absolute Gasteiger partial charge is 0.325 e. The first-order valence-electron chi connectivity index (χ1n) is 8.43. The van der Waals surface area contributed by atoms with Crippen LogP contribution in [-0.2, 0) is 4.79 Å². The summed E-state index contributed by atoms with van der Waals surface area (Å²) in [5.41, 5.74) is 0.754. The van der Waals surface area contributed by atoms with Crippen LogP contribution in [0, 0.1) is 11.3 Å². The van der Waals surface area contributed by atoms with Crippen molar-refractivity contribution in [2.75, 3.05) is 31.5 Å². The maximum absolute atomic E-state index is 12.5. The third kappa shape index (κ3) is 2.66. The van der Waals surface area contributed by atoms with E-state index in [-0.39, 0.29) is 23.3 Å². The molecule has 1 N–H and O–H groups in total. The first-order valence-corrected chi connectivity index (χ1v) is 8.43. The molecule has 0 bridgehead atoms. The second-order valence-electron chi connectivity index (χ2n) is 7.00. The number of likely N-dealkylation sites (tertiary alicyclic amines) is 2. The number of hydrogen-bond acceptors (Lipinski definition) is 3. The minimum absolute atomic E-state index is 0.0156. The third-order valence-corrected chi connectivity index (χ3v) is 5.47. The van der Waals surface area contributed by atoms with Gasteiger partial charge in [-0.2, -0.15) is 0 Å². The van der Waals surface area contributed by atoms with Gasteiger partial charge < -0.3 is 15.1 Å². The molecule has 4 rings (SSSR count). The lowest BCUT2D eigenvalue weighted by molar-refractivity contribution is -0.118. The monoisotopic (exact) mass is 314 g/mol. The molecule has 6 heteroatoms. The van der Waals surface area contributed by atoms with Crippen LogP contribution in [0.5, 0.6) is 0 Å². The molecule has 1 saturated carbocycles. The van der Waals surface area contributed by atoms with Gasteiger partial charge in [-0.25, -0.2) is 4.79 Å². The summed E-state index contributed by atoms with van der Waals surface area (Å²) in [4.78, 5) is 32.8. The number of hydrogen-bond donors (Lipinski definition) is 1. The van der Waals surface area contributed by atoms with Gasteiger partial charge in [0.1, 0.15) is 0 Å². The lowest BCUT2D eigenvalue weighted by Crippen LogP contribution is -2.40. The van der Waals surface area contributed by atoms with Gasteiger partial charge in [0.05, 0.1) is 11.9 Å². The topological polar surface area (TPSA) is 65.5 Å². The summed E-state index contributed by atoms with van der Waals surface area (Å²) in [6.45, 7) is 3.28. The molecule has 23 heavy (non-hydrogen) atoms. The molecule has 2 aliphatic heterocycles. The van der Waals surface area contributed by atoms with E-state index in [1.165, 1.54) is 0 Å². The lowest BCUT2D eigenvalue weighted by Gasteiger charge is -2.24. The number of pyridine rings is 1. The Hall–Kier alpha value is -2.11. The smallest absolute Gasteiger partial charge is 0.320 e. The number of carbonyl (C=O) groups is 2. The highest BCUT2D eigenvalue weighted by atomic mass is 16.2. The first kappa shape index (κ1) is 14.5. The molecule has 0 aromatic carbocycles. The summed E-state index contributed by atoms with van der Waals surface area (Å²) in [6, 6.07) is 3.82. The van der Waals surface area contributed by atoms with Crippen LogP contribution in [0.15, 0.2) is 24.5 Å². The Kier molecular flexibility index (Phi) is 3.47. The van der Waals surface area contributed by atoms with Gasteiger partial charge >= 0.3 is 6.03 Å². The molecule has 3 fully saturated rings. The summed E-state index contributed by atoms with van der Waals surface area (Å²) in [6.07, 6.45) is 7.40. The van der Waals surface area contributed by atoms with Crippen molar-refractivity contribution in [1.82, 2.24) is 14.8 Å². The van der Waals surface area contributed by atoms with Crippen molar-refractivity contribution in [3.63, 3.8) is 0 Å². The Balaban J connectivity index is 1.35. The van der Waals surface area contributed by atoms with E-state index >= 15 is 0 Å². The number of carbonyl (C=O) groups excluding carboxylic acids is 2. The molecule has 3 aliphatic rings. The zero-order valence-electron chi connectivity index (χ0n) is 13.2. The molecule has 1 aromatic rings. The zero-order valence-corrected chi connectivity index (χ0v) is 13.2. The van der Waals surface area contributed by atoms with Gasteiger partial charge in [-0.3, -0.25) is 9.78 Å². The van der Waals surface area contributed by atoms with E-state index in [4.69, 9.17) is 0 Å².